The molecule has 0 bridgehead atoms. The average Bonchev–Trinajstić information content (AvgIpc) is 3.29. The topological polar surface area (TPSA) is 71.9 Å². The first kappa shape index (κ1) is 17.6. The van der Waals surface area contributed by atoms with Crippen LogP contribution in [0.15, 0.2) is 48.9 Å². The number of nitrogens with two attached hydrogens (primary N) is 1. The van der Waals surface area contributed by atoms with E-state index in [1.807, 2.05) is 12.1 Å². The molecule has 3 heterocycles. The molecule has 0 saturated heterocycles. The van der Waals surface area contributed by atoms with E-state index in [2.05, 4.69) is 19.8 Å². The van der Waals surface area contributed by atoms with Crippen molar-refractivity contribution < 1.29 is 0 Å². The Labute approximate surface area is 169 Å². The minimum absolute atomic E-state index is 0.391. The van der Waals surface area contributed by atoms with Crippen LogP contribution in [0.1, 0.15) is 0 Å². The smallest absolute Gasteiger partial charge is 0.213 e. The molecule has 4 aromatic rings. The highest BCUT2D eigenvalue weighted by Crippen LogP contribution is 2.53. The van der Waals surface area contributed by atoms with Crippen LogP contribution in [0.5, 0.6) is 0 Å². The van der Waals surface area contributed by atoms with Crippen LogP contribution in [-0.2, 0) is 0 Å². The molecule has 0 fully saturated rings. The van der Waals surface area contributed by atoms with Crippen molar-refractivity contribution >= 4 is 46.0 Å². The fourth-order valence-electron chi connectivity index (χ4n) is 2.81. The Hall–Kier alpha value is -2.85. The lowest BCUT2D eigenvalue weighted by molar-refractivity contribution is 1.33. The largest absolute Gasteiger partial charge is 0.384 e. The Morgan fingerprint density at radius 1 is 1.07 bits per heavy atom. The SMILES string of the molecule is [C-]#[N+]c1c(-c2ccnc(N)c2)sc(-c2ncc[nH]2)c1-c1ccc(Cl)cc1Cl. The summed E-state index contributed by atoms with van der Waals surface area (Å²) in [6.07, 6.45) is 5.04. The highest BCUT2D eigenvalue weighted by Gasteiger charge is 2.24. The van der Waals surface area contributed by atoms with Crippen LogP contribution in [0, 0.1) is 6.57 Å². The monoisotopic (exact) mass is 411 g/mol. The van der Waals surface area contributed by atoms with Crippen molar-refractivity contribution in [2.75, 3.05) is 5.73 Å². The summed E-state index contributed by atoms with van der Waals surface area (Å²) in [7, 11) is 0. The lowest BCUT2D eigenvalue weighted by atomic mass is 10.0. The second-order valence-corrected chi connectivity index (χ2v) is 7.49. The van der Waals surface area contributed by atoms with Crippen molar-refractivity contribution in [2.45, 2.75) is 0 Å². The number of rotatable bonds is 3. The minimum Gasteiger partial charge on any atom is -0.384 e. The van der Waals surface area contributed by atoms with Crippen LogP contribution in [0.25, 0.3) is 37.1 Å². The van der Waals surface area contributed by atoms with Gasteiger partial charge in [0.25, 0.3) is 0 Å². The van der Waals surface area contributed by atoms with Gasteiger partial charge < -0.3 is 10.7 Å². The number of H-pyrrole nitrogens is 1. The van der Waals surface area contributed by atoms with Crippen LogP contribution < -0.4 is 5.73 Å². The van der Waals surface area contributed by atoms with Gasteiger partial charge in [-0.1, -0.05) is 29.3 Å². The summed E-state index contributed by atoms with van der Waals surface area (Å²) in [6.45, 7) is 7.81. The average molecular weight is 412 g/mol. The van der Waals surface area contributed by atoms with Gasteiger partial charge in [-0.05, 0) is 35.4 Å². The number of pyridine rings is 1. The quantitative estimate of drug-likeness (QED) is 0.388. The van der Waals surface area contributed by atoms with E-state index in [1.165, 1.54) is 11.3 Å². The number of hydrogen-bond donors (Lipinski definition) is 2. The lowest BCUT2D eigenvalue weighted by Crippen LogP contribution is -1.88. The van der Waals surface area contributed by atoms with E-state index in [9.17, 15) is 0 Å². The molecule has 27 heavy (non-hydrogen) atoms. The molecule has 0 atom stereocenters. The van der Waals surface area contributed by atoms with Crippen LogP contribution >= 0.6 is 34.5 Å². The van der Waals surface area contributed by atoms with Crippen molar-refractivity contribution in [2.24, 2.45) is 0 Å². The van der Waals surface area contributed by atoms with Gasteiger partial charge in [-0.3, -0.25) is 0 Å². The molecule has 3 aromatic heterocycles. The fraction of sp³-hybridized carbons (Fsp3) is 0. The zero-order valence-electron chi connectivity index (χ0n) is 13.7. The third-order valence-electron chi connectivity index (χ3n) is 3.95. The number of hydrogen-bond acceptors (Lipinski definition) is 4. The summed E-state index contributed by atoms with van der Waals surface area (Å²) in [5.41, 5.74) is 8.59. The molecule has 0 spiro atoms. The Balaban J connectivity index is 2.06. The standard InChI is InChI=1S/C19H11Cl2N5S/c1-23-16-15(12-3-2-11(20)9-13(12)21)18(19-25-6-7-26-19)27-17(16)10-4-5-24-14(22)8-10/h2-9H,(H2,22,24)(H,25,26). The third kappa shape index (κ3) is 3.17. The van der Waals surface area contributed by atoms with Crippen molar-refractivity contribution in [3.8, 4) is 32.3 Å². The zero-order valence-corrected chi connectivity index (χ0v) is 16.0. The molecule has 1 aromatic carbocycles. The first-order chi connectivity index (χ1) is 13.1. The number of nitrogens with zero attached hydrogens (tertiary/aromatic N) is 3. The summed E-state index contributed by atoms with van der Waals surface area (Å²) in [5, 5.41) is 1.00. The summed E-state index contributed by atoms with van der Waals surface area (Å²) in [4.78, 5) is 16.9. The Kier molecular flexibility index (Phi) is 4.58. The molecule has 0 saturated carbocycles. The van der Waals surface area contributed by atoms with Crippen molar-refractivity contribution in [3.63, 3.8) is 0 Å². The molecular weight excluding hydrogens is 401 g/mol. The molecule has 5 nitrogen and oxygen atoms in total. The molecule has 0 amide bonds. The van der Waals surface area contributed by atoms with Gasteiger partial charge in [0.15, 0.2) is 0 Å². The fourth-order valence-corrected chi connectivity index (χ4v) is 4.53. The number of nitrogens with one attached hydrogen (secondary N) is 1. The third-order valence-corrected chi connectivity index (χ3v) is 5.73. The molecule has 0 aliphatic rings. The van der Waals surface area contributed by atoms with E-state index in [0.717, 1.165) is 26.4 Å². The van der Waals surface area contributed by atoms with E-state index < -0.39 is 0 Å². The number of halogens is 2. The predicted molar refractivity (Wildman–Crippen MR) is 111 cm³/mol. The van der Waals surface area contributed by atoms with Gasteiger partial charge >= 0.3 is 0 Å². The summed E-state index contributed by atoms with van der Waals surface area (Å²) < 4.78 is 0. The second-order valence-electron chi connectivity index (χ2n) is 5.63. The van der Waals surface area contributed by atoms with Gasteiger partial charge in [-0.15, -0.1) is 11.3 Å². The summed E-state index contributed by atoms with van der Waals surface area (Å²) in [6, 6.07) is 8.82. The van der Waals surface area contributed by atoms with Crippen molar-refractivity contribution in [3.05, 3.63) is 70.4 Å². The van der Waals surface area contributed by atoms with E-state index in [-0.39, 0.29) is 0 Å². The Bertz CT molecular complexity index is 1180. The first-order valence-corrected chi connectivity index (χ1v) is 9.37. The number of thiophene rings is 1. The van der Waals surface area contributed by atoms with Crippen LogP contribution in [0.4, 0.5) is 11.5 Å². The van der Waals surface area contributed by atoms with Crippen molar-refractivity contribution in [1.82, 2.24) is 15.0 Å². The number of aromatic nitrogens is 3. The van der Waals surface area contributed by atoms with Crippen LogP contribution in [0.2, 0.25) is 10.0 Å². The highest BCUT2D eigenvalue weighted by molar-refractivity contribution is 7.20. The zero-order chi connectivity index (χ0) is 19.0. The van der Waals surface area contributed by atoms with Crippen LogP contribution in [0.3, 0.4) is 0 Å². The summed E-state index contributed by atoms with van der Waals surface area (Å²) in [5.74, 6) is 1.06. The lowest BCUT2D eigenvalue weighted by Gasteiger charge is -2.07. The van der Waals surface area contributed by atoms with E-state index in [4.69, 9.17) is 35.5 Å². The Morgan fingerprint density at radius 3 is 2.59 bits per heavy atom. The molecule has 3 N–H and O–H groups in total. The predicted octanol–water partition coefficient (Wildman–Crippen LogP) is 6.31. The number of nitrogen functional groups attached to an aromatic ring is 1. The van der Waals surface area contributed by atoms with Gasteiger partial charge in [-0.25, -0.2) is 14.8 Å². The molecule has 8 heteroatoms. The molecule has 0 unspecified atom stereocenters. The molecule has 0 aliphatic carbocycles. The van der Waals surface area contributed by atoms with Crippen molar-refractivity contribution in [1.29, 1.82) is 0 Å². The number of anilines is 1. The first-order valence-electron chi connectivity index (χ1n) is 7.80. The molecule has 132 valence electrons. The Morgan fingerprint density at radius 2 is 1.93 bits per heavy atom. The number of benzene rings is 1. The minimum atomic E-state index is 0.391. The van der Waals surface area contributed by atoms with Gasteiger partial charge in [-0.2, -0.15) is 0 Å². The van der Waals surface area contributed by atoms with Gasteiger partial charge in [0, 0.05) is 39.1 Å². The summed E-state index contributed by atoms with van der Waals surface area (Å²) >= 11 is 14.0. The van der Waals surface area contributed by atoms with E-state index >= 15 is 0 Å². The molecule has 0 aliphatic heterocycles. The van der Waals surface area contributed by atoms with Gasteiger partial charge in [0.05, 0.1) is 11.4 Å². The molecular formula is C19H11Cl2N5S. The maximum atomic E-state index is 7.81. The van der Waals surface area contributed by atoms with Gasteiger partial charge in [0.1, 0.15) is 11.6 Å². The van der Waals surface area contributed by atoms with Crippen LogP contribution in [-0.4, -0.2) is 15.0 Å². The maximum Gasteiger partial charge on any atom is 0.213 e. The number of aromatic amines is 1. The maximum absolute atomic E-state index is 7.81. The van der Waals surface area contributed by atoms with E-state index in [1.54, 1.807) is 36.8 Å². The van der Waals surface area contributed by atoms with E-state index in [0.29, 0.717) is 27.4 Å². The molecule has 4 rings (SSSR count). The second kappa shape index (κ2) is 7.05. The molecule has 0 radical (unpaired) electrons. The normalized spacial score (nSPS) is 10.7. The van der Waals surface area contributed by atoms with Gasteiger partial charge in [0.2, 0.25) is 5.69 Å². The highest BCUT2D eigenvalue weighted by atomic mass is 35.5. The number of imidazole rings is 1.